The summed E-state index contributed by atoms with van der Waals surface area (Å²) in [4.78, 5) is 36.9. The van der Waals surface area contributed by atoms with Crippen molar-refractivity contribution in [1.82, 2.24) is 0 Å². The monoisotopic (exact) mass is 309 g/mol. The van der Waals surface area contributed by atoms with E-state index in [0.717, 1.165) is 12.1 Å². The third-order valence-corrected chi connectivity index (χ3v) is 3.40. The molecule has 2 rings (SSSR count). The van der Waals surface area contributed by atoms with Crippen molar-refractivity contribution in [3.05, 3.63) is 29.6 Å². The molecule has 0 N–H and O–H groups in total. The van der Waals surface area contributed by atoms with Crippen molar-refractivity contribution in [2.24, 2.45) is 5.92 Å². The Morgan fingerprint density at radius 2 is 2.14 bits per heavy atom. The van der Waals surface area contributed by atoms with Crippen molar-refractivity contribution in [2.45, 2.75) is 13.3 Å². The van der Waals surface area contributed by atoms with E-state index in [9.17, 15) is 18.8 Å². The van der Waals surface area contributed by atoms with Gasteiger partial charge in [0.05, 0.1) is 30.9 Å². The molecule has 1 aliphatic heterocycles. The minimum Gasteiger partial charge on any atom is -0.469 e. The summed E-state index contributed by atoms with van der Waals surface area (Å²) in [6, 6.07) is 3.50. The molecule has 1 aromatic rings. The summed E-state index contributed by atoms with van der Waals surface area (Å²) in [6.07, 6.45) is -0.00762. The summed E-state index contributed by atoms with van der Waals surface area (Å²) in [5, 5.41) is 0. The number of amides is 1. The quantitative estimate of drug-likeness (QED) is 0.789. The Morgan fingerprint density at radius 1 is 1.41 bits per heavy atom. The Morgan fingerprint density at radius 3 is 2.77 bits per heavy atom. The predicted octanol–water partition coefficient (Wildman–Crippen LogP) is 1.53. The van der Waals surface area contributed by atoms with Gasteiger partial charge in [0.2, 0.25) is 5.91 Å². The first kappa shape index (κ1) is 15.9. The molecule has 118 valence electrons. The third-order valence-electron chi connectivity index (χ3n) is 3.40. The summed E-state index contributed by atoms with van der Waals surface area (Å²) >= 11 is 0. The SMILES string of the molecule is CCOC(=O)c1cc(F)ccc1N1CC(C(=O)OC)CC1=O. The predicted molar refractivity (Wildman–Crippen MR) is 74.8 cm³/mol. The lowest BCUT2D eigenvalue weighted by atomic mass is 10.1. The standard InChI is InChI=1S/C15H16FNO5/c1-3-22-15(20)11-7-10(16)4-5-12(11)17-8-9(6-13(17)18)14(19)21-2/h4-5,7,9H,3,6,8H2,1-2H3. The van der Waals surface area contributed by atoms with E-state index in [1.165, 1.54) is 18.1 Å². The summed E-state index contributed by atoms with van der Waals surface area (Å²) in [5.41, 5.74) is 0.192. The molecule has 0 radical (unpaired) electrons. The number of benzene rings is 1. The second kappa shape index (κ2) is 6.55. The first-order chi connectivity index (χ1) is 10.5. The lowest BCUT2D eigenvalue weighted by molar-refractivity contribution is -0.145. The lowest BCUT2D eigenvalue weighted by Crippen LogP contribution is -2.28. The fourth-order valence-corrected chi connectivity index (χ4v) is 2.38. The fourth-order valence-electron chi connectivity index (χ4n) is 2.38. The number of carbonyl (C=O) groups excluding carboxylic acids is 3. The number of methoxy groups -OCH3 is 1. The molecular weight excluding hydrogens is 293 g/mol. The molecule has 1 amide bonds. The van der Waals surface area contributed by atoms with Gasteiger partial charge in [-0.25, -0.2) is 9.18 Å². The Labute approximate surface area is 126 Å². The molecule has 0 aliphatic carbocycles. The van der Waals surface area contributed by atoms with Crippen molar-refractivity contribution >= 4 is 23.5 Å². The highest BCUT2D eigenvalue weighted by molar-refractivity contribution is 6.05. The topological polar surface area (TPSA) is 72.9 Å². The van der Waals surface area contributed by atoms with Gasteiger partial charge in [0.1, 0.15) is 5.82 Å². The summed E-state index contributed by atoms with van der Waals surface area (Å²) in [6.45, 7) is 1.85. The maximum Gasteiger partial charge on any atom is 0.340 e. The van der Waals surface area contributed by atoms with Gasteiger partial charge >= 0.3 is 11.9 Å². The van der Waals surface area contributed by atoms with E-state index in [-0.39, 0.29) is 36.7 Å². The number of hydrogen-bond donors (Lipinski definition) is 0. The molecule has 1 aromatic carbocycles. The van der Waals surface area contributed by atoms with Gasteiger partial charge < -0.3 is 14.4 Å². The number of anilines is 1. The van der Waals surface area contributed by atoms with Crippen LogP contribution in [0.2, 0.25) is 0 Å². The Bertz CT molecular complexity index is 616. The smallest absolute Gasteiger partial charge is 0.340 e. The summed E-state index contributed by atoms with van der Waals surface area (Å²) in [5.74, 6) is -2.74. The van der Waals surface area contributed by atoms with Gasteiger partial charge in [-0.2, -0.15) is 0 Å². The number of ether oxygens (including phenoxy) is 2. The lowest BCUT2D eigenvalue weighted by Gasteiger charge is -2.19. The zero-order chi connectivity index (χ0) is 16.3. The van der Waals surface area contributed by atoms with E-state index in [0.29, 0.717) is 0 Å². The number of halogens is 1. The van der Waals surface area contributed by atoms with Crippen LogP contribution < -0.4 is 4.90 Å². The zero-order valence-electron chi connectivity index (χ0n) is 12.3. The Kier molecular flexibility index (Phi) is 4.75. The van der Waals surface area contributed by atoms with Crippen molar-refractivity contribution in [1.29, 1.82) is 0 Å². The molecule has 7 heteroatoms. The maximum atomic E-state index is 13.4. The highest BCUT2D eigenvalue weighted by Gasteiger charge is 2.37. The number of nitrogens with zero attached hydrogens (tertiary/aromatic N) is 1. The molecule has 0 bridgehead atoms. The van der Waals surface area contributed by atoms with Gasteiger partial charge in [-0.05, 0) is 25.1 Å². The summed E-state index contributed by atoms with van der Waals surface area (Å²) < 4.78 is 22.9. The highest BCUT2D eigenvalue weighted by atomic mass is 19.1. The highest BCUT2D eigenvalue weighted by Crippen LogP contribution is 2.29. The Balaban J connectivity index is 2.34. The Hall–Kier alpha value is -2.44. The molecule has 1 saturated heterocycles. The third kappa shape index (κ3) is 3.08. The fraction of sp³-hybridized carbons (Fsp3) is 0.400. The van der Waals surface area contributed by atoms with Crippen LogP contribution in [0.1, 0.15) is 23.7 Å². The van der Waals surface area contributed by atoms with Crippen LogP contribution in [0.4, 0.5) is 10.1 Å². The van der Waals surface area contributed by atoms with Crippen LogP contribution in [0.5, 0.6) is 0 Å². The van der Waals surface area contributed by atoms with E-state index in [1.54, 1.807) is 6.92 Å². The van der Waals surface area contributed by atoms with E-state index < -0.39 is 23.7 Å². The number of rotatable bonds is 4. The van der Waals surface area contributed by atoms with Crippen LogP contribution in [0.15, 0.2) is 18.2 Å². The number of carbonyl (C=O) groups is 3. The largest absolute Gasteiger partial charge is 0.469 e. The van der Waals surface area contributed by atoms with Crippen LogP contribution in [-0.4, -0.2) is 38.1 Å². The number of esters is 2. The number of hydrogen-bond acceptors (Lipinski definition) is 5. The zero-order valence-corrected chi connectivity index (χ0v) is 12.3. The minimum absolute atomic E-state index is 0.00762. The van der Waals surface area contributed by atoms with E-state index in [2.05, 4.69) is 4.74 Å². The van der Waals surface area contributed by atoms with E-state index >= 15 is 0 Å². The average Bonchev–Trinajstić information content (AvgIpc) is 2.88. The van der Waals surface area contributed by atoms with Crippen molar-refractivity contribution in [3.63, 3.8) is 0 Å². The van der Waals surface area contributed by atoms with Gasteiger partial charge in [-0.1, -0.05) is 0 Å². The van der Waals surface area contributed by atoms with E-state index in [1.807, 2.05) is 0 Å². The van der Waals surface area contributed by atoms with Crippen LogP contribution in [-0.2, 0) is 19.1 Å². The molecule has 1 atom stereocenters. The molecule has 0 saturated carbocycles. The van der Waals surface area contributed by atoms with E-state index in [4.69, 9.17) is 4.74 Å². The second-order valence-corrected chi connectivity index (χ2v) is 4.81. The van der Waals surface area contributed by atoms with Crippen LogP contribution in [0, 0.1) is 11.7 Å². The molecular formula is C15H16FNO5. The van der Waals surface area contributed by atoms with Crippen molar-refractivity contribution in [2.75, 3.05) is 25.2 Å². The molecule has 22 heavy (non-hydrogen) atoms. The van der Waals surface area contributed by atoms with Gasteiger partial charge in [-0.15, -0.1) is 0 Å². The second-order valence-electron chi connectivity index (χ2n) is 4.81. The van der Waals surface area contributed by atoms with Gasteiger partial charge in [-0.3, -0.25) is 9.59 Å². The van der Waals surface area contributed by atoms with Gasteiger partial charge in [0.15, 0.2) is 0 Å². The van der Waals surface area contributed by atoms with Crippen molar-refractivity contribution in [3.8, 4) is 0 Å². The van der Waals surface area contributed by atoms with Gasteiger partial charge in [0, 0.05) is 13.0 Å². The summed E-state index contributed by atoms with van der Waals surface area (Å²) in [7, 11) is 1.25. The maximum absolute atomic E-state index is 13.4. The average molecular weight is 309 g/mol. The van der Waals surface area contributed by atoms with Crippen molar-refractivity contribution < 1.29 is 28.2 Å². The van der Waals surface area contributed by atoms with Crippen LogP contribution >= 0.6 is 0 Å². The minimum atomic E-state index is -0.716. The molecule has 1 fully saturated rings. The molecule has 6 nitrogen and oxygen atoms in total. The first-order valence-electron chi connectivity index (χ1n) is 6.82. The molecule has 1 aliphatic rings. The van der Waals surface area contributed by atoms with Crippen LogP contribution in [0.25, 0.3) is 0 Å². The van der Waals surface area contributed by atoms with Gasteiger partial charge in [0.25, 0.3) is 0 Å². The first-order valence-corrected chi connectivity index (χ1v) is 6.82. The molecule has 0 spiro atoms. The molecule has 0 aromatic heterocycles. The van der Waals surface area contributed by atoms with Crippen LogP contribution in [0.3, 0.4) is 0 Å². The molecule has 1 unspecified atom stereocenters. The molecule has 1 heterocycles. The normalized spacial score (nSPS) is 17.5.